The van der Waals surface area contributed by atoms with Gasteiger partial charge in [0.2, 0.25) is 0 Å². The first-order valence-electron chi connectivity index (χ1n) is 2.11. The Morgan fingerprint density at radius 2 is 2.11 bits per heavy atom. The van der Waals surface area contributed by atoms with Gasteiger partial charge in [-0.15, -0.1) is 0 Å². The molecule has 0 aromatic heterocycles. The average molecular weight is 191 g/mol. The molecule has 0 heterocycles. The Morgan fingerprint density at radius 1 is 1.44 bits per heavy atom. The summed E-state index contributed by atoms with van der Waals surface area (Å²) in [6.45, 7) is 0. The molecule has 1 rings (SSSR count). The van der Waals surface area contributed by atoms with Crippen LogP contribution in [0.2, 0.25) is 0 Å². The van der Waals surface area contributed by atoms with Gasteiger partial charge in [0.15, 0.2) is 0 Å². The fraction of sp³-hybridized carbons (Fsp3) is 0. The average Bonchev–Trinajstić information content (AvgIpc) is 1.69. The van der Waals surface area contributed by atoms with Crippen LogP contribution >= 0.6 is 0 Å². The van der Waals surface area contributed by atoms with Gasteiger partial charge in [0.05, 0.1) is 0 Å². The Labute approximate surface area is 83.4 Å². The van der Waals surface area contributed by atoms with Crippen LogP contribution in [0.3, 0.4) is 0 Å². The van der Waals surface area contributed by atoms with Crippen LogP contribution in [0.5, 0.6) is 0 Å². The summed E-state index contributed by atoms with van der Waals surface area (Å²) in [7, 11) is 5.33. The summed E-state index contributed by atoms with van der Waals surface area (Å²) in [6, 6.07) is 10.1. The van der Waals surface area contributed by atoms with Gasteiger partial charge >= 0.3 is 23.1 Å². The van der Waals surface area contributed by atoms with Gasteiger partial charge in [-0.2, -0.15) is 35.8 Å². The topological polar surface area (TPSA) is 0 Å². The van der Waals surface area contributed by atoms with Crippen molar-refractivity contribution in [2.24, 2.45) is 0 Å². The molecule has 9 heavy (non-hydrogen) atoms. The van der Waals surface area contributed by atoms with Gasteiger partial charge < -0.3 is 17.0 Å². The molecular weight excluding hydrogens is 187 g/mol. The van der Waals surface area contributed by atoms with Crippen LogP contribution in [0.1, 0.15) is 0 Å². The first-order valence-corrected chi connectivity index (χ1v) is 2.11. The molecule has 0 unspecified atom stereocenters. The van der Waals surface area contributed by atoms with Crippen molar-refractivity contribution >= 4 is 36.4 Å². The number of benzene rings is 1. The number of halogens is 1. The Morgan fingerprint density at radius 3 is 2.33 bits per heavy atom. The third-order valence-electron chi connectivity index (χ3n) is 0.731. The molecule has 0 fully saturated rings. The summed E-state index contributed by atoms with van der Waals surface area (Å²) < 4.78 is 0. The van der Waals surface area contributed by atoms with E-state index in [0.29, 0.717) is 0 Å². The fourth-order valence-corrected chi connectivity index (χ4v) is 0.407. The molecule has 1 aromatic carbocycles. The minimum absolute atomic E-state index is 0. The van der Waals surface area contributed by atoms with Crippen LogP contribution in [0, 0.1) is 6.07 Å². The molecule has 0 spiro atoms. The first-order chi connectivity index (χ1) is 3.39. The summed E-state index contributed by atoms with van der Waals surface area (Å²) >= 11 is 0. The first kappa shape index (κ1) is 12.2. The van der Waals surface area contributed by atoms with E-state index in [2.05, 4.69) is 6.07 Å². The van der Waals surface area contributed by atoms with E-state index >= 15 is 0 Å². The number of rotatable bonds is 0. The van der Waals surface area contributed by atoms with Crippen LogP contribution in [0.4, 0.5) is 0 Å². The summed E-state index contributed by atoms with van der Waals surface area (Å²) in [5.74, 6) is 0. The molecule has 2 radical (unpaired) electrons. The molecule has 0 nitrogen and oxygen atoms in total. The second kappa shape index (κ2) is 6.65. The second-order valence-corrected chi connectivity index (χ2v) is 1.34. The van der Waals surface area contributed by atoms with Gasteiger partial charge in [-0.25, -0.2) is 0 Å². The van der Waals surface area contributed by atoms with Gasteiger partial charge in [-0.05, 0) is 0 Å². The Hall–Kier alpha value is 0.531. The maximum Gasteiger partial charge on any atom is 2.00 e. The Bertz CT molecular complexity index is 143. The van der Waals surface area contributed by atoms with Crippen molar-refractivity contribution in [3.05, 3.63) is 30.3 Å². The van der Waals surface area contributed by atoms with Crippen LogP contribution < -0.4 is 22.4 Å². The van der Waals surface area contributed by atoms with E-state index in [-0.39, 0.29) is 40.0 Å². The summed E-state index contributed by atoms with van der Waals surface area (Å²) in [4.78, 5) is 0. The summed E-state index contributed by atoms with van der Waals surface area (Å²) in [5, 5.41) is 0. The molecule has 0 saturated heterocycles. The minimum Gasteiger partial charge on any atom is -1.00 e. The predicted octanol–water partition coefficient (Wildman–Crippen LogP) is -3.10. The second-order valence-electron chi connectivity index (χ2n) is 1.34. The maximum atomic E-state index is 5.33. The minimum atomic E-state index is 0. The fourth-order valence-electron chi connectivity index (χ4n) is 0.407. The van der Waals surface area contributed by atoms with E-state index in [0.717, 1.165) is 5.46 Å². The van der Waals surface area contributed by atoms with Gasteiger partial charge in [-0.3, -0.25) is 0 Å². The molecule has 40 valence electrons. The van der Waals surface area contributed by atoms with Crippen molar-refractivity contribution in [3.8, 4) is 0 Å². The van der Waals surface area contributed by atoms with E-state index in [1.807, 2.05) is 18.2 Å². The molecular formula is C6H4BBrMg. The third-order valence-corrected chi connectivity index (χ3v) is 0.731. The van der Waals surface area contributed by atoms with Crippen LogP contribution in [0.15, 0.2) is 24.3 Å². The van der Waals surface area contributed by atoms with Gasteiger partial charge in [0.25, 0.3) is 0 Å². The van der Waals surface area contributed by atoms with E-state index in [9.17, 15) is 0 Å². The molecule has 0 aliphatic heterocycles. The summed E-state index contributed by atoms with van der Waals surface area (Å²) in [5.41, 5.74) is 0.766. The van der Waals surface area contributed by atoms with Gasteiger partial charge in [-0.1, -0.05) is 0 Å². The van der Waals surface area contributed by atoms with E-state index < -0.39 is 0 Å². The molecule has 0 amide bonds. The molecule has 1 aromatic rings. The van der Waals surface area contributed by atoms with Gasteiger partial charge in [0.1, 0.15) is 0 Å². The van der Waals surface area contributed by atoms with Crippen molar-refractivity contribution in [1.29, 1.82) is 0 Å². The molecule has 0 atom stereocenters. The zero-order valence-corrected chi connectivity index (χ0v) is 7.97. The predicted molar refractivity (Wildman–Crippen MR) is 36.4 cm³/mol. The zero-order valence-electron chi connectivity index (χ0n) is 4.97. The van der Waals surface area contributed by atoms with E-state index in [1.165, 1.54) is 0 Å². The maximum absolute atomic E-state index is 5.33. The normalized spacial score (nSPS) is 6.67. The standard InChI is InChI=1S/C6H4B.BrH.Mg/c7-6-4-2-1-3-5-6;;/h1-2,4-5H;1H;/q-1;;+2/p-1. The number of hydrogen-bond donors (Lipinski definition) is 0. The Kier molecular flexibility index (Phi) is 9.03. The van der Waals surface area contributed by atoms with Crippen LogP contribution in [-0.4, -0.2) is 30.9 Å². The smallest absolute Gasteiger partial charge is 1.00 e. The molecule has 0 aliphatic rings. The van der Waals surface area contributed by atoms with Crippen molar-refractivity contribution in [2.45, 2.75) is 0 Å². The monoisotopic (exact) mass is 190 g/mol. The third kappa shape index (κ3) is 5.00. The zero-order chi connectivity index (χ0) is 5.11. The van der Waals surface area contributed by atoms with E-state index in [4.69, 9.17) is 7.85 Å². The molecule has 0 bridgehead atoms. The number of hydrogen-bond acceptors (Lipinski definition) is 0. The Balaban J connectivity index is 0. The van der Waals surface area contributed by atoms with Crippen molar-refractivity contribution in [1.82, 2.24) is 0 Å². The van der Waals surface area contributed by atoms with Crippen LogP contribution in [0.25, 0.3) is 0 Å². The SMILES string of the molecule is [B]c1c[c-]ccc1.[Br-].[Mg+2]. The summed E-state index contributed by atoms with van der Waals surface area (Å²) in [6.07, 6.45) is 0. The molecule has 0 N–H and O–H groups in total. The van der Waals surface area contributed by atoms with Crippen molar-refractivity contribution < 1.29 is 17.0 Å². The van der Waals surface area contributed by atoms with Crippen molar-refractivity contribution in [3.63, 3.8) is 0 Å². The van der Waals surface area contributed by atoms with Crippen molar-refractivity contribution in [2.75, 3.05) is 0 Å². The molecule has 0 aliphatic carbocycles. The molecule has 0 saturated carbocycles. The van der Waals surface area contributed by atoms with Gasteiger partial charge in [0, 0.05) is 7.85 Å². The quantitative estimate of drug-likeness (QED) is 0.301. The van der Waals surface area contributed by atoms with Crippen LogP contribution in [-0.2, 0) is 0 Å². The van der Waals surface area contributed by atoms with E-state index in [1.54, 1.807) is 6.07 Å². The molecule has 3 heteroatoms. The largest absolute Gasteiger partial charge is 2.00 e.